The molecule has 2 fully saturated rings. The van der Waals surface area contributed by atoms with E-state index >= 15 is 0 Å². The van der Waals surface area contributed by atoms with Gasteiger partial charge in [-0.2, -0.15) is 0 Å². The van der Waals surface area contributed by atoms with E-state index in [0.29, 0.717) is 6.61 Å². The molecule has 5 heteroatoms. The summed E-state index contributed by atoms with van der Waals surface area (Å²) in [5, 5.41) is 0. The minimum absolute atomic E-state index is 0.0273. The summed E-state index contributed by atoms with van der Waals surface area (Å²) in [5.41, 5.74) is 1.42. The molecule has 3 aliphatic heterocycles. The van der Waals surface area contributed by atoms with Crippen molar-refractivity contribution in [1.29, 1.82) is 0 Å². The van der Waals surface area contributed by atoms with E-state index in [1.54, 1.807) is 0 Å². The molecule has 0 radical (unpaired) electrons. The van der Waals surface area contributed by atoms with E-state index < -0.39 is 0 Å². The Hall–Kier alpha value is -0.910. The van der Waals surface area contributed by atoms with E-state index in [0.717, 1.165) is 58.5 Å². The molecule has 3 aliphatic rings. The van der Waals surface area contributed by atoms with Gasteiger partial charge in [0.1, 0.15) is 6.10 Å². The predicted octanol–water partition coefficient (Wildman–Crippen LogP) is 2.40. The summed E-state index contributed by atoms with van der Waals surface area (Å²) in [7, 11) is 0. The van der Waals surface area contributed by atoms with Crippen molar-refractivity contribution in [2.45, 2.75) is 51.7 Å². The monoisotopic (exact) mass is 337 g/mol. The number of morpholine rings is 1. The molecular formula is C19H31NO4. The summed E-state index contributed by atoms with van der Waals surface area (Å²) in [6.07, 6.45) is 6.60. The van der Waals surface area contributed by atoms with Gasteiger partial charge in [0.05, 0.1) is 31.8 Å². The van der Waals surface area contributed by atoms with Crippen LogP contribution < -0.4 is 0 Å². The minimum Gasteiger partial charge on any atom is -0.459 e. The van der Waals surface area contributed by atoms with Gasteiger partial charge in [0.25, 0.3) is 0 Å². The topological polar surface area (TPSA) is 48.0 Å². The van der Waals surface area contributed by atoms with E-state index in [1.807, 2.05) is 0 Å². The molecule has 3 heterocycles. The average molecular weight is 337 g/mol. The second-order valence-electron chi connectivity index (χ2n) is 7.47. The minimum atomic E-state index is -0.0862. The van der Waals surface area contributed by atoms with Gasteiger partial charge in [-0.15, -0.1) is 0 Å². The maximum Gasteiger partial charge on any atom is 0.311 e. The Bertz CT molecular complexity index is 458. The van der Waals surface area contributed by atoms with Crippen molar-refractivity contribution in [1.82, 2.24) is 4.90 Å². The van der Waals surface area contributed by atoms with E-state index in [9.17, 15) is 4.79 Å². The highest BCUT2D eigenvalue weighted by atomic mass is 16.6. The number of nitrogens with zero attached hydrogens (tertiary/aromatic N) is 1. The summed E-state index contributed by atoms with van der Waals surface area (Å²) >= 11 is 0. The number of carbonyl (C=O) groups excluding carboxylic acids is 1. The molecular weight excluding hydrogens is 306 g/mol. The first kappa shape index (κ1) is 17.9. The number of allylic oxidation sites excluding steroid dienone is 2. The lowest BCUT2D eigenvalue weighted by atomic mass is 9.85. The van der Waals surface area contributed by atoms with E-state index in [2.05, 4.69) is 24.8 Å². The van der Waals surface area contributed by atoms with Crippen LogP contribution in [0.3, 0.4) is 0 Å². The highest BCUT2D eigenvalue weighted by Gasteiger charge is 2.45. The molecule has 0 amide bonds. The highest BCUT2D eigenvalue weighted by Crippen LogP contribution is 2.35. The maximum atomic E-state index is 12.5. The lowest BCUT2D eigenvalue weighted by Crippen LogP contribution is -2.42. The largest absolute Gasteiger partial charge is 0.459 e. The fraction of sp³-hybridized carbons (Fsp3) is 0.842. The van der Waals surface area contributed by atoms with E-state index in [-0.39, 0.29) is 30.0 Å². The van der Waals surface area contributed by atoms with Gasteiger partial charge < -0.3 is 14.2 Å². The lowest BCUT2D eigenvalue weighted by molar-refractivity contribution is -0.147. The van der Waals surface area contributed by atoms with Crippen LogP contribution in [0.5, 0.6) is 0 Å². The molecule has 4 atom stereocenters. The molecule has 3 rings (SSSR count). The van der Waals surface area contributed by atoms with Crippen LogP contribution >= 0.6 is 0 Å². The third-order valence-electron chi connectivity index (χ3n) is 5.61. The third kappa shape index (κ3) is 4.58. The van der Waals surface area contributed by atoms with Crippen molar-refractivity contribution in [2.75, 3.05) is 39.5 Å². The van der Waals surface area contributed by atoms with Crippen molar-refractivity contribution in [3.05, 3.63) is 11.6 Å². The summed E-state index contributed by atoms with van der Waals surface area (Å²) < 4.78 is 17.1. The Morgan fingerprint density at radius 1 is 1.25 bits per heavy atom. The molecule has 4 unspecified atom stereocenters. The van der Waals surface area contributed by atoms with Crippen LogP contribution in [-0.2, 0) is 19.0 Å². The number of ether oxygens (including phenoxy) is 3. The number of hydrogen-bond acceptors (Lipinski definition) is 5. The lowest BCUT2D eigenvalue weighted by Gasteiger charge is -2.30. The Kier molecular flexibility index (Phi) is 6.31. The zero-order valence-electron chi connectivity index (χ0n) is 15.0. The molecule has 0 saturated carbocycles. The van der Waals surface area contributed by atoms with Gasteiger partial charge in [-0.1, -0.05) is 11.6 Å². The van der Waals surface area contributed by atoms with Gasteiger partial charge in [0.15, 0.2) is 0 Å². The second-order valence-corrected chi connectivity index (χ2v) is 7.47. The molecule has 5 nitrogen and oxygen atoms in total. The first-order valence-electron chi connectivity index (χ1n) is 9.41. The van der Waals surface area contributed by atoms with Gasteiger partial charge in [-0.05, 0) is 39.5 Å². The molecule has 136 valence electrons. The van der Waals surface area contributed by atoms with Crippen molar-refractivity contribution < 1.29 is 19.0 Å². The molecule has 24 heavy (non-hydrogen) atoms. The first-order valence-corrected chi connectivity index (χ1v) is 9.41. The first-order chi connectivity index (χ1) is 11.6. The van der Waals surface area contributed by atoms with Crippen molar-refractivity contribution in [3.63, 3.8) is 0 Å². The summed E-state index contributed by atoms with van der Waals surface area (Å²) in [6.45, 7) is 8.99. The fourth-order valence-corrected chi connectivity index (χ4v) is 3.98. The van der Waals surface area contributed by atoms with Crippen molar-refractivity contribution in [3.8, 4) is 0 Å². The smallest absolute Gasteiger partial charge is 0.311 e. The third-order valence-corrected chi connectivity index (χ3v) is 5.61. The van der Waals surface area contributed by atoms with Gasteiger partial charge in [-0.25, -0.2) is 0 Å². The molecule has 0 spiro atoms. The molecule has 0 aromatic rings. The Morgan fingerprint density at radius 3 is 2.83 bits per heavy atom. The molecule has 0 N–H and O–H groups in total. The summed E-state index contributed by atoms with van der Waals surface area (Å²) in [6, 6.07) is 0. The Balaban J connectivity index is 1.69. The Morgan fingerprint density at radius 2 is 2.04 bits per heavy atom. The zero-order valence-corrected chi connectivity index (χ0v) is 15.0. The predicted molar refractivity (Wildman–Crippen MR) is 91.8 cm³/mol. The van der Waals surface area contributed by atoms with Crippen molar-refractivity contribution in [2.24, 2.45) is 11.8 Å². The quantitative estimate of drug-likeness (QED) is 0.572. The number of fused-ring (bicyclic) bond motifs is 1. The molecule has 0 aromatic carbocycles. The van der Waals surface area contributed by atoms with Crippen LogP contribution in [0.25, 0.3) is 0 Å². The SMILES string of the molecule is CC1=CCCC(C)OCC2OC(=O)C(CN3CCOCC3)C2CC1. The van der Waals surface area contributed by atoms with Crippen LogP contribution in [0.2, 0.25) is 0 Å². The van der Waals surface area contributed by atoms with Crippen molar-refractivity contribution >= 4 is 5.97 Å². The Labute approximate surface area is 145 Å². The van der Waals surface area contributed by atoms with Gasteiger partial charge >= 0.3 is 5.97 Å². The number of rotatable bonds is 2. The maximum absolute atomic E-state index is 12.5. The van der Waals surface area contributed by atoms with Gasteiger partial charge in [0, 0.05) is 25.6 Å². The molecule has 0 aliphatic carbocycles. The summed E-state index contributed by atoms with van der Waals surface area (Å²) in [4.78, 5) is 14.8. The van der Waals surface area contributed by atoms with E-state index in [4.69, 9.17) is 14.2 Å². The fourth-order valence-electron chi connectivity index (χ4n) is 3.98. The van der Waals surface area contributed by atoms with Gasteiger partial charge in [0.2, 0.25) is 0 Å². The van der Waals surface area contributed by atoms with Gasteiger partial charge in [-0.3, -0.25) is 9.69 Å². The number of hydrogen-bond donors (Lipinski definition) is 0. The molecule has 0 bridgehead atoms. The van der Waals surface area contributed by atoms with Crippen LogP contribution in [-0.4, -0.2) is 62.5 Å². The average Bonchev–Trinajstić information content (AvgIpc) is 2.85. The normalized spacial score (nSPS) is 36.4. The van der Waals surface area contributed by atoms with E-state index in [1.165, 1.54) is 5.57 Å². The number of carbonyl (C=O) groups is 1. The van der Waals surface area contributed by atoms with Crippen LogP contribution in [0.4, 0.5) is 0 Å². The molecule has 0 aromatic heterocycles. The van der Waals surface area contributed by atoms with Crippen LogP contribution in [0.1, 0.15) is 39.5 Å². The standard InChI is InChI=1S/C19H31NO4/c1-14-4-3-5-15(2)23-13-18-16(7-6-14)17(19(21)24-18)12-20-8-10-22-11-9-20/h4,15-18H,3,5-13H2,1-2H3. The summed E-state index contributed by atoms with van der Waals surface area (Å²) in [5.74, 6) is 0.195. The zero-order chi connectivity index (χ0) is 16.9. The second kappa shape index (κ2) is 8.45. The highest BCUT2D eigenvalue weighted by molar-refractivity contribution is 5.75. The number of esters is 1. The van der Waals surface area contributed by atoms with Crippen LogP contribution in [0.15, 0.2) is 11.6 Å². The van der Waals surface area contributed by atoms with Crippen LogP contribution in [0, 0.1) is 11.8 Å². The molecule has 2 saturated heterocycles.